The van der Waals surface area contributed by atoms with Gasteiger partial charge in [0, 0.05) is 15.0 Å². The average molecular weight is 464 g/mol. The molecule has 0 aromatic heterocycles. The topological polar surface area (TPSA) is 35.2 Å². The van der Waals surface area contributed by atoms with Crippen molar-refractivity contribution >= 4 is 47.8 Å². The Bertz CT molecular complexity index is 614. The Hall–Kier alpha value is -0.360. The van der Waals surface area contributed by atoms with E-state index >= 15 is 0 Å². The van der Waals surface area contributed by atoms with Gasteiger partial charge in [-0.15, -0.1) is 0 Å². The molecule has 0 fully saturated rings. The zero-order chi connectivity index (χ0) is 14.7. The Labute approximate surface area is 144 Å². The van der Waals surface area contributed by atoms with Crippen LogP contribution in [0.5, 0.6) is 11.5 Å². The van der Waals surface area contributed by atoms with Gasteiger partial charge in [-0.1, -0.05) is 37.9 Å². The Morgan fingerprint density at radius 2 is 1.80 bits per heavy atom. The summed E-state index contributed by atoms with van der Waals surface area (Å²) in [4.78, 5) is 0. The summed E-state index contributed by atoms with van der Waals surface area (Å²) in [6.45, 7) is 2.00. The van der Waals surface area contributed by atoms with Crippen LogP contribution in [0.25, 0.3) is 0 Å². The van der Waals surface area contributed by atoms with Crippen molar-refractivity contribution in [1.82, 2.24) is 0 Å². The van der Waals surface area contributed by atoms with Crippen LogP contribution in [0.1, 0.15) is 12.5 Å². The summed E-state index contributed by atoms with van der Waals surface area (Å²) in [5.41, 5.74) is 7.01. The van der Waals surface area contributed by atoms with Gasteiger partial charge < -0.3 is 10.5 Å². The van der Waals surface area contributed by atoms with E-state index in [-0.39, 0.29) is 6.04 Å². The first-order valence-corrected chi connectivity index (χ1v) is 8.50. The van der Waals surface area contributed by atoms with Gasteiger partial charge in [-0.3, -0.25) is 0 Å². The van der Waals surface area contributed by atoms with Gasteiger partial charge in [0.15, 0.2) is 0 Å². The molecule has 20 heavy (non-hydrogen) atoms. The molecule has 2 aromatic carbocycles. The summed E-state index contributed by atoms with van der Waals surface area (Å²) in [6.07, 6.45) is 0.836. The minimum atomic E-state index is 0.138. The van der Waals surface area contributed by atoms with Crippen molar-refractivity contribution in [1.29, 1.82) is 0 Å². The van der Waals surface area contributed by atoms with Crippen LogP contribution >= 0.6 is 47.8 Å². The number of nitrogens with two attached hydrogens (primary N) is 1. The molecule has 0 saturated heterocycles. The molecule has 1 atom stereocenters. The third-order valence-electron chi connectivity index (χ3n) is 2.69. The van der Waals surface area contributed by atoms with Gasteiger partial charge in [0.25, 0.3) is 0 Å². The molecular formula is C15H14Br3NO. The van der Waals surface area contributed by atoms with Crippen LogP contribution in [-0.4, -0.2) is 6.04 Å². The van der Waals surface area contributed by atoms with Crippen molar-refractivity contribution < 1.29 is 4.74 Å². The highest BCUT2D eigenvalue weighted by molar-refractivity contribution is 9.11. The summed E-state index contributed by atoms with van der Waals surface area (Å²) < 4.78 is 8.80. The van der Waals surface area contributed by atoms with Crippen LogP contribution in [0.15, 0.2) is 49.8 Å². The van der Waals surface area contributed by atoms with Crippen molar-refractivity contribution in [3.05, 3.63) is 55.4 Å². The number of rotatable bonds is 4. The zero-order valence-corrected chi connectivity index (χ0v) is 15.6. The fourth-order valence-electron chi connectivity index (χ4n) is 1.79. The third kappa shape index (κ3) is 4.32. The minimum absolute atomic E-state index is 0.138. The Morgan fingerprint density at radius 1 is 1.05 bits per heavy atom. The lowest BCUT2D eigenvalue weighted by molar-refractivity contribution is 0.479. The van der Waals surface area contributed by atoms with Gasteiger partial charge in [0.1, 0.15) is 11.5 Å². The molecule has 106 valence electrons. The molecule has 1 unspecified atom stereocenters. The lowest BCUT2D eigenvalue weighted by Crippen LogP contribution is -2.17. The molecule has 0 spiro atoms. The van der Waals surface area contributed by atoms with E-state index in [4.69, 9.17) is 10.5 Å². The Balaban J connectivity index is 2.20. The monoisotopic (exact) mass is 461 g/mol. The van der Waals surface area contributed by atoms with Crippen molar-refractivity contribution in [2.45, 2.75) is 19.4 Å². The van der Waals surface area contributed by atoms with Gasteiger partial charge in [-0.2, -0.15) is 0 Å². The van der Waals surface area contributed by atoms with E-state index in [9.17, 15) is 0 Å². The molecule has 0 aliphatic rings. The normalized spacial score (nSPS) is 12.2. The number of hydrogen-bond donors (Lipinski definition) is 1. The van der Waals surface area contributed by atoms with E-state index in [1.165, 1.54) is 5.56 Å². The second-order valence-corrected chi connectivity index (χ2v) is 7.24. The molecule has 0 bridgehead atoms. The van der Waals surface area contributed by atoms with Crippen molar-refractivity contribution in [3.8, 4) is 11.5 Å². The first kappa shape index (κ1) is 16.0. The van der Waals surface area contributed by atoms with Gasteiger partial charge in [0.05, 0.1) is 4.47 Å². The highest BCUT2D eigenvalue weighted by Gasteiger charge is 2.07. The fourth-order valence-corrected chi connectivity index (χ4v) is 3.44. The fraction of sp³-hybridized carbons (Fsp3) is 0.200. The van der Waals surface area contributed by atoms with Gasteiger partial charge in [-0.05, 0) is 65.2 Å². The smallest absolute Gasteiger partial charge is 0.141 e. The predicted octanol–water partition coefficient (Wildman–Crippen LogP) is 5.66. The molecule has 0 amide bonds. The van der Waals surface area contributed by atoms with E-state index in [1.807, 2.05) is 43.3 Å². The maximum Gasteiger partial charge on any atom is 0.141 e. The van der Waals surface area contributed by atoms with Gasteiger partial charge >= 0.3 is 0 Å². The Kier molecular flexibility index (Phi) is 5.66. The molecule has 0 saturated carbocycles. The molecule has 0 heterocycles. The quantitative estimate of drug-likeness (QED) is 0.635. The van der Waals surface area contributed by atoms with Crippen molar-refractivity contribution in [2.75, 3.05) is 0 Å². The molecule has 5 heteroatoms. The lowest BCUT2D eigenvalue weighted by atomic mass is 10.1. The van der Waals surface area contributed by atoms with E-state index in [1.54, 1.807) is 0 Å². The highest BCUT2D eigenvalue weighted by atomic mass is 79.9. The van der Waals surface area contributed by atoms with Crippen LogP contribution in [0.2, 0.25) is 0 Å². The molecular weight excluding hydrogens is 450 g/mol. The van der Waals surface area contributed by atoms with E-state index in [2.05, 4.69) is 47.8 Å². The summed E-state index contributed by atoms with van der Waals surface area (Å²) >= 11 is 10.5. The Morgan fingerprint density at radius 3 is 2.40 bits per heavy atom. The SMILES string of the molecule is CC(N)Cc1ccc(Oc2ccc(Br)cc2Br)cc1Br. The maximum absolute atomic E-state index is 5.88. The number of benzene rings is 2. The zero-order valence-electron chi connectivity index (χ0n) is 10.9. The lowest BCUT2D eigenvalue weighted by Gasteiger charge is -2.11. The van der Waals surface area contributed by atoms with E-state index in [0.29, 0.717) is 0 Å². The minimum Gasteiger partial charge on any atom is -0.456 e. The van der Waals surface area contributed by atoms with Gasteiger partial charge in [0.2, 0.25) is 0 Å². The summed E-state index contributed by atoms with van der Waals surface area (Å²) in [5.74, 6) is 1.56. The standard InChI is InChI=1S/C15H14Br3NO/c1-9(19)6-10-2-4-12(8-13(10)17)20-15-5-3-11(16)7-14(15)18/h2-5,7-9H,6,19H2,1H3. The van der Waals surface area contributed by atoms with Crippen LogP contribution in [0.4, 0.5) is 0 Å². The molecule has 2 nitrogen and oxygen atoms in total. The summed E-state index contributed by atoms with van der Waals surface area (Å²) in [7, 11) is 0. The van der Waals surface area contributed by atoms with Gasteiger partial charge in [-0.25, -0.2) is 0 Å². The molecule has 0 radical (unpaired) electrons. The molecule has 2 N–H and O–H groups in total. The highest BCUT2D eigenvalue weighted by Crippen LogP contribution is 2.33. The summed E-state index contributed by atoms with van der Waals surface area (Å²) in [6, 6.07) is 11.9. The maximum atomic E-state index is 5.88. The number of halogens is 3. The molecule has 2 aromatic rings. The second-order valence-electron chi connectivity index (χ2n) is 4.61. The second kappa shape index (κ2) is 7.07. The van der Waals surface area contributed by atoms with Crippen molar-refractivity contribution in [2.24, 2.45) is 5.73 Å². The molecule has 2 rings (SSSR count). The van der Waals surface area contributed by atoms with Crippen LogP contribution in [0, 0.1) is 0 Å². The molecule has 0 aliphatic carbocycles. The number of hydrogen-bond acceptors (Lipinski definition) is 2. The van der Waals surface area contributed by atoms with Crippen LogP contribution in [-0.2, 0) is 6.42 Å². The van der Waals surface area contributed by atoms with E-state index < -0.39 is 0 Å². The molecule has 0 aliphatic heterocycles. The number of ether oxygens (including phenoxy) is 1. The van der Waals surface area contributed by atoms with Crippen LogP contribution in [0.3, 0.4) is 0 Å². The van der Waals surface area contributed by atoms with Crippen molar-refractivity contribution in [3.63, 3.8) is 0 Å². The van der Waals surface area contributed by atoms with E-state index in [0.717, 1.165) is 31.3 Å². The predicted molar refractivity (Wildman–Crippen MR) is 93.4 cm³/mol. The largest absolute Gasteiger partial charge is 0.456 e. The van der Waals surface area contributed by atoms with Crippen LogP contribution < -0.4 is 10.5 Å². The average Bonchev–Trinajstić information content (AvgIpc) is 2.36. The first-order chi connectivity index (χ1) is 9.45. The third-order valence-corrected chi connectivity index (χ3v) is 4.54. The first-order valence-electron chi connectivity index (χ1n) is 6.12. The summed E-state index contributed by atoms with van der Waals surface area (Å²) in [5, 5.41) is 0.